The maximum atomic E-state index is 11.8. The van der Waals surface area contributed by atoms with Crippen molar-refractivity contribution in [2.45, 2.75) is 31.4 Å². The van der Waals surface area contributed by atoms with Crippen LogP contribution in [0.15, 0.2) is 66.9 Å². The molecule has 4 N–H and O–H groups in total. The second kappa shape index (κ2) is 10.8. The molecule has 3 aromatic rings. The Hall–Kier alpha value is -3.62. The maximum Gasteiger partial charge on any atom is 0.321 e. The Balaban J connectivity index is 0.00000306. The molecule has 0 saturated heterocycles. The average molecular weight is 470 g/mol. The molecule has 8 nitrogen and oxygen atoms in total. The lowest BCUT2D eigenvalue weighted by Gasteiger charge is -2.26. The lowest BCUT2D eigenvalue weighted by molar-refractivity contribution is -0.140. The van der Waals surface area contributed by atoms with Crippen molar-refractivity contribution in [3.8, 4) is 17.4 Å². The number of carboxylic acids is 1. The largest absolute Gasteiger partial charge is 0.485 e. The highest BCUT2D eigenvalue weighted by atomic mass is 35.5. The number of halogens is 1. The summed E-state index contributed by atoms with van der Waals surface area (Å²) in [6, 6.07) is 17.8. The Bertz CT molecular complexity index is 1110. The molecule has 172 valence electrons. The first-order valence-corrected chi connectivity index (χ1v) is 10.2. The molecule has 2 aromatic carbocycles. The van der Waals surface area contributed by atoms with Gasteiger partial charge in [0.1, 0.15) is 23.6 Å². The summed E-state index contributed by atoms with van der Waals surface area (Å²) in [6.45, 7) is 0. The van der Waals surface area contributed by atoms with E-state index in [0.717, 1.165) is 24.2 Å². The SMILES string of the molecule is Cl.N[C@@H](CC(=O)Nc1ccc(Oc2ccc3c(c2)CCC(c2ccccc2)O3)nc1)C(=O)O. The maximum absolute atomic E-state index is 11.8. The summed E-state index contributed by atoms with van der Waals surface area (Å²) >= 11 is 0. The van der Waals surface area contributed by atoms with Crippen LogP contribution in [0, 0.1) is 0 Å². The van der Waals surface area contributed by atoms with E-state index in [2.05, 4.69) is 22.4 Å². The molecule has 0 saturated carbocycles. The summed E-state index contributed by atoms with van der Waals surface area (Å²) in [6.07, 6.45) is 2.92. The van der Waals surface area contributed by atoms with E-state index < -0.39 is 17.9 Å². The van der Waals surface area contributed by atoms with Gasteiger partial charge in [-0.1, -0.05) is 30.3 Å². The number of hydrogen-bond donors (Lipinski definition) is 3. The van der Waals surface area contributed by atoms with E-state index in [1.54, 1.807) is 12.1 Å². The molecule has 2 atom stereocenters. The van der Waals surface area contributed by atoms with Gasteiger partial charge in [-0.2, -0.15) is 0 Å². The zero-order valence-corrected chi connectivity index (χ0v) is 18.5. The van der Waals surface area contributed by atoms with Gasteiger partial charge in [-0.25, -0.2) is 4.98 Å². The fraction of sp³-hybridized carbons (Fsp3) is 0.208. The summed E-state index contributed by atoms with van der Waals surface area (Å²) in [4.78, 5) is 26.8. The molecular formula is C24H24ClN3O5. The predicted molar refractivity (Wildman–Crippen MR) is 125 cm³/mol. The van der Waals surface area contributed by atoms with Crippen molar-refractivity contribution in [2.24, 2.45) is 5.73 Å². The van der Waals surface area contributed by atoms with Gasteiger partial charge in [0, 0.05) is 6.07 Å². The summed E-state index contributed by atoms with van der Waals surface area (Å²) in [5.41, 5.74) is 8.03. The number of benzene rings is 2. The van der Waals surface area contributed by atoms with Crippen molar-refractivity contribution in [3.63, 3.8) is 0 Å². The Labute approximate surface area is 197 Å². The van der Waals surface area contributed by atoms with Crippen LogP contribution >= 0.6 is 12.4 Å². The van der Waals surface area contributed by atoms with Crippen LogP contribution in [0.1, 0.15) is 30.1 Å². The third-order valence-electron chi connectivity index (χ3n) is 5.11. The summed E-state index contributed by atoms with van der Waals surface area (Å²) in [5.74, 6) is 0.126. The number of pyridine rings is 1. The molecule has 1 amide bonds. The molecule has 33 heavy (non-hydrogen) atoms. The van der Waals surface area contributed by atoms with Gasteiger partial charge in [0.25, 0.3) is 0 Å². The number of nitrogens with one attached hydrogen (secondary N) is 1. The smallest absolute Gasteiger partial charge is 0.321 e. The Morgan fingerprint density at radius 1 is 1.18 bits per heavy atom. The minimum Gasteiger partial charge on any atom is -0.485 e. The van der Waals surface area contributed by atoms with Crippen LogP contribution in [-0.2, 0) is 16.0 Å². The topological polar surface area (TPSA) is 124 Å². The molecule has 1 aliphatic rings. The normalized spacial score (nSPS) is 15.2. The molecular weight excluding hydrogens is 446 g/mol. The molecule has 0 spiro atoms. The van der Waals surface area contributed by atoms with Gasteiger partial charge in [0.05, 0.1) is 18.3 Å². The molecule has 1 unspecified atom stereocenters. The van der Waals surface area contributed by atoms with E-state index in [0.29, 0.717) is 17.3 Å². The van der Waals surface area contributed by atoms with Crippen LogP contribution in [0.25, 0.3) is 0 Å². The number of aromatic nitrogens is 1. The first-order chi connectivity index (χ1) is 15.5. The molecule has 9 heteroatoms. The number of amides is 1. The highest BCUT2D eigenvalue weighted by Crippen LogP contribution is 2.37. The van der Waals surface area contributed by atoms with Crippen molar-refractivity contribution in [1.29, 1.82) is 0 Å². The molecule has 4 rings (SSSR count). The van der Waals surface area contributed by atoms with Gasteiger partial charge in [-0.3, -0.25) is 9.59 Å². The lowest BCUT2D eigenvalue weighted by Crippen LogP contribution is -2.34. The van der Waals surface area contributed by atoms with Crippen LogP contribution in [0.3, 0.4) is 0 Å². The Morgan fingerprint density at radius 2 is 1.97 bits per heavy atom. The standard InChI is InChI=1S/C24H23N3O5.ClH/c25-19(24(29)30)13-22(28)27-17-7-11-23(26-14-17)31-18-8-10-21-16(12-18)6-9-20(32-21)15-4-2-1-3-5-15;/h1-5,7-8,10-12,14,19-20H,6,9,13,25H2,(H,27,28)(H,29,30);1H/t19-,20?;/m0./s1. The molecule has 0 radical (unpaired) electrons. The quantitative estimate of drug-likeness (QED) is 0.475. The zero-order valence-electron chi connectivity index (χ0n) is 17.6. The molecule has 1 aliphatic heterocycles. The fourth-order valence-electron chi connectivity index (χ4n) is 3.47. The number of nitrogens with two attached hydrogens (primary N) is 1. The first-order valence-electron chi connectivity index (χ1n) is 10.2. The second-order valence-corrected chi connectivity index (χ2v) is 7.51. The van der Waals surface area contributed by atoms with Crippen molar-refractivity contribution in [1.82, 2.24) is 4.98 Å². The van der Waals surface area contributed by atoms with Gasteiger partial charge in [-0.15, -0.1) is 12.4 Å². The Morgan fingerprint density at radius 3 is 2.67 bits per heavy atom. The predicted octanol–water partition coefficient (Wildman–Crippen LogP) is 4.10. The van der Waals surface area contributed by atoms with Crippen molar-refractivity contribution in [2.75, 3.05) is 5.32 Å². The fourth-order valence-corrected chi connectivity index (χ4v) is 3.47. The second-order valence-electron chi connectivity index (χ2n) is 7.51. The first kappa shape index (κ1) is 24.0. The number of aryl methyl sites for hydroxylation is 1. The van der Waals surface area contributed by atoms with Gasteiger partial charge in [0.2, 0.25) is 11.8 Å². The minimum absolute atomic E-state index is 0. The van der Waals surface area contributed by atoms with E-state index in [4.69, 9.17) is 20.3 Å². The van der Waals surface area contributed by atoms with Crippen LogP contribution in [0.2, 0.25) is 0 Å². The molecule has 2 heterocycles. The van der Waals surface area contributed by atoms with Gasteiger partial charge < -0.3 is 25.6 Å². The van der Waals surface area contributed by atoms with Crippen LogP contribution in [0.4, 0.5) is 5.69 Å². The van der Waals surface area contributed by atoms with Crippen molar-refractivity contribution >= 4 is 30.0 Å². The minimum atomic E-state index is -1.25. The monoisotopic (exact) mass is 469 g/mol. The molecule has 0 aliphatic carbocycles. The number of nitrogens with zero attached hydrogens (tertiary/aromatic N) is 1. The highest BCUT2D eigenvalue weighted by molar-refractivity contribution is 5.93. The number of rotatable bonds is 7. The number of ether oxygens (including phenoxy) is 2. The summed E-state index contributed by atoms with van der Waals surface area (Å²) in [7, 11) is 0. The number of aliphatic carboxylic acids is 1. The van der Waals surface area contributed by atoms with Crippen LogP contribution in [-0.4, -0.2) is 28.0 Å². The average Bonchev–Trinajstić information content (AvgIpc) is 2.80. The number of hydrogen-bond acceptors (Lipinski definition) is 6. The number of carbonyl (C=O) groups excluding carboxylic acids is 1. The Kier molecular flexibility index (Phi) is 7.87. The summed E-state index contributed by atoms with van der Waals surface area (Å²) in [5, 5.41) is 11.3. The third-order valence-corrected chi connectivity index (χ3v) is 5.11. The van der Waals surface area contributed by atoms with Gasteiger partial charge >= 0.3 is 5.97 Å². The molecule has 1 aromatic heterocycles. The molecule has 0 bridgehead atoms. The lowest BCUT2D eigenvalue weighted by atomic mass is 9.97. The van der Waals surface area contributed by atoms with Crippen LogP contribution < -0.4 is 20.5 Å². The highest BCUT2D eigenvalue weighted by Gasteiger charge is 2.22. The number of anilines is 1. The third kappa shape index (κ3) is 6.21. The van der Waals surface area contributed by atoms with E-state index >= 15 is 0 Å². The number of fused-ring (bicyclic) bond motifs is 1. The number of carboxylic acid groups (broad SMARTS) is 1. The van der Waals surface area contributed by atoms with Gasteiger partial charge in [0.15, 0.2) is 0 Å². The zero-order chi connectivity index (χ0) is 22.5. The van der Waals surface area contributed by atoms with E-state index in [1.165, 1.54) is 11.8 Å². The van der Waals surface area contributed by atoms with Crippen LogP contribution in [0.5, 0.6) is 17.4 Å². The van der Waals surface area contributed by atoms with Gasteiger partial charge in [-0.05, 0) is 48.2 Å². The van der Waals surface area contributed by atoms with E-state index in [-0.39, 0.29) is 24.9 Å². The summed E-state index contributed by atoms with van der Waals surface area (Å²) < 4.78 is 12.0. The van der Waals surface area contributed by atoms with E-state index in [1.807, 2.05) is 36.4 Å². The van der Waals surface area contributed by atoms with E-state index in [9.17, 15) is 9.59 Å². The van der Waals surface area contributed by atoms with Crippen molar-refractivity contribution in [3.05, 3.63) is 78.0 Å². The molecule has 0 fully saturated rings. The number of carbonyl (C=O) groups is 2. The van der Waals surface area contributed by atoms with Crippen molar-refractivity contribution < 1.29 is 24.2 Å².